The number of primary amides is 1. The highest BCUT2D eigenvalue weighted by Crippen LogP contribution is 2.46. The fourth-order valence-electron chi connectivity index (χ4n) is 5.58. The molecule has 13 nitrogen and oxygen atoms in total. The number of anilines is 2. The number of nitrogens with zero attached hydrogens (tertiary/aromatic N) is 5. The topological polar surface area (TPSA) is 212 Å². The van der Waals surface area contributed by atoms with Crippen molar-refractivity contribution in [2.24, 2.45) is 11.1 Å². The number of nitrogens with one attached hydrogen (secondary N) is 1. The summed E-state index contributed by atoms with van der Waals surface area (Å²) < 4.78 is 29.4. The Bertz CT molecular complexity index is 2070. The number of allylic oxidation sites excluding steroid dienone is 1. The molecule has 0 spiro atoms. The first-order valence-electron chi connectivity index (χ1n) is 14.7. The maximum Gasteiger partial charge on any atom is 0.316 e. The number of rotatable bonds is 7. The lowest BCUT2D eigenvalue weighted by Crippen LogP contribution is -2.45. The van der Waals surface area contributed by atoms with E-state index in [4.69, 9.17) is 11.5 Å². The van der Waals surface area contributed by atoms with Crippen LogP contribution in [0.2, 0.25) is 0 Å². The van der Waals surface area contributed by atoms with Gasteiger partial charge in [-0.3, -0.25) is 9.59 Å². The van der Waals surface area contributed by atoms with E-state index >= 15 is 0 Å². The second kappa shape index (κ2) is 13.7. The molecule has 6 rings (SSSR count). The summed E-state index contributed by atoms with van der Waals surface area (Å²) in [5, 5.41) is 33.8. The summed E-state index contributed by atoms with van der Waals surface area (Å²) in [7, 11) is 0. The van der Waals surface area contributed by atoms with Crippen molar-refractivity contribution in [1.82, 2.24) is 25.2 Å². The predicted octanol–water partition coefficient (Wildman–Crippen LogP) is 5.19. The SMILES string of the molecule is CC1(C(=O)O)C=CCC(C(=O)O)(c2cccc(-c3cnc(N)c(-c4nnnn4-c4cccc(F)c4F)c3)c2)C1.NC(=O)Nc1ccccc1. The van der Waals surface area contributed by atoms with E-state index in [0.29, 0.717) is 16.7 Å². The van der Waals surface area contributed by atoms with E-state index in [1.54, 1.807) is 48.5 Å². The lowest BCUT2D eigenvalue weighted by atomic mass is 9.63. The minimum Gasteiger partial charge on any atom is -0.481 e. The summed E-state index contributed by atoms with van der Waals surface area (Å²) in [5.41, 5.74) is 10.4. The molecule has 2 atom stereocenters. The van der Waals surface area contributed by atoms with Gasteiger partial charge in [-0.15, -0.1) is 5.10 Å². The van der Waals surface area contributed by atoms with Gasteiger partial charge in [-0.1, -0.05) is 54.6 Å². The molecular weight excluding hydrogens is 638 g/mol. The number of hydrogen-bond donors (Lipinski definition) is 5. The van der Waals surface area contributed by atoms with E-state index in [0.717, 1.165) is 16.4 Å². The van der Waals surface area contributed by atoms with Crippen molar-refractivity contribution in [2.45, 2.75) is 25.2 Å². The number of carboxylic acid groups (broad SMARTS) is 2. The van der Waals surface area contributed by atoms with Gasteiger partial charge < -0.3 is 27.0 Å². The third kappa shape index (κ3) is 6.95. The third-order valence-corrected chi connectivity index (χ3v) is 8.10. The van der Waals surface area contributed by atoms with Crippen molar-refractivity contribution in [3.05, 3.63) is 114 Å². The molecule has 7 N–H and O–H groups in total. The minimum atomic E-state index is -1.47. The van der Waals surface area contributed by atoms with Crippen LogP contribution in [0, 0.1) is 17.0 Å². The molecule has 0 aliphatic heterocycles. The quantitative estimate of drug-likeness (QED) is 0.143. The smallest absolute Gasteiger partial charge is 0.316 e. The number of para-hydroxylation sites is 1. The van der Waals surface area contributed by atoms with Gasteiger partial charge in [-0.25, -0.2) is 18.6 Å². The van der Waals surface area contributed by atoms with Gasteiger partial charge in [0.05, 0.1) is 16.4 Å². The summed E-state index contributed by atoms with van der Waals surface area (Å²) >= 11 is 0. The molecule has 2 unspecified atom stereocenters. The van der Waals surface area contributed by atoms with E-state index in [2.05, 4.69) is 25.8 Å². The average molecular weight is 669 g/mol. The maximum absolute atomic E-state index is 14.5. The number of hydrogen-bond acceptors (Lipinski definition) is 8. The van der Waals surface area contributed by atoms with Crippen molar-refractivity contribution in [3.63, 3.8) is 0 Å². The van der Waals surface area contributed by atoms with Gasteiger partial charge in [0.2, 0.25) is 0 Å². The number of nitrogens with two attached hydrogens (primary N) is 2. The summed E-state index contributed by atoms with van der Waals surface area (Å²) in [5.74, 6) is -4.42. The van der Waals surface area contributed by atoms with Crippen molar-refractivity contribution in [2.75, 3.05) is 11.1 Å². The Kier molecular flexibility index (Phi) is 9.45. The summed E-state index contributed by atoms with van der Waals surface area (Å²) in [4.78, 5) is 39.0. The van der Waals surface area contributed by atoms with E-state index < -0.39 is 40.4 Å². The van der Waals surface area contributed by atoms with Crippen LogP contribution in [0.1, 0.15) is 25.3 Å². The molecule has 0 fully saturated rings. The Hall–Kier alpha value is -6.51. The summed E-state index contributed by atoms with van der Waals surface area (Å²) in [6.45, 7) is 1.49. The van der Waals surface area contributed by atoms with E-state index in [9.17, 15) is 33.4 Å². The Balaban J connectivity index is 0.000000402. The normalized spacial score (nSPS) is 18.2. The highest BCUT2D eigenvalue weighted by molar-refractivity contribution is 5.88. The average Bonchev–Trinajstić information content (AvgIpc) is 3.56. The number of aliphatic carboxylic acids is 2. The van der Waals surface area contributed by atoms with Crippen LogP contribution in [0.4, 0.5) is 25.1 Å². The first kappa shape index (κ1) is 33.8. The molecule has 2 heterocycles. The van der Waals surface area contributed by atoms with Crippen LogP contribution in [0.15, 0.2) is 97.2 Å². The fraction of sp³-hybridized carbons (Fsp3) is 0.147. The number of carbonyl (C=O) groups is 3. The first-order chi connectivity index (χ1) is 23.3. The molecule has 5 aromatic rings. The highest BCUT2D eigenvalue weighted by Gasteiger charge is 2.49. The maximum atomic E-state index is 14.5. The van der Waals surface area contributed by atoms with E-state index in [1.165, 1.54) is 31.3 Å². The molecule has 0 radical (unpaired) electrons. The zero-order valence-corrected chi connectivity index (χ0v) is 25.9. The summed E-state index contributed by atoms with van der Waals surface area (Å²) in [6.07, 6.45) is 4.58. The first-order valence-corrected chi connectivity index (χ1v) is 14.7. The van der Waals surface area contributed by atoms with Crippen molar-refractivity contribution in [3.8, 4) is 28.2 Å². The zero-order valence-electron chi connectivity index (χ0n) is 25.9. The van der Waals surface area contributed by atoms with Gasteiger partial charge in [0.15, 0.2) is 17.5 Å². The fourth-order valence-corrected chi connectivity index (χ4v) is 5.58. The molecule has 0 saturated heterocycles. The predicted molar refractivity (Wildman–Crippen MR) is 175 cm³/mol. The van der Waals surface area contributed by atoms with Crippen LogP contribution in [-0.4, -0.2) is 53.4 Å². The second-order valence-corrected chi connectivity index (χ2v) is 11.5. The van der Waals surface area contributed by atoms with Crippen molar-refractivity contribution >= 4 is 29.5 Å². The van der Waals surface area contributed by atoms with Gasteiger partial charge in [-0.2, -0.15) is 4.68 Å². The number of halogens is 2. The van der Waals surface area contributed by atoms with Gasteiger partial charge in [0.1, 0.15) is 11.5 Å². The Morgan fingerprint density at radius 3 is 2.37 bits per heavy atom. The van der Waals surface area contributed by atoms with Crippen molar-refractivity contribution < 1.29 is 33.4 Å². The third-order valence-electron chi connectivity index (χ3n) is 8.10. The molecule has 2 amide bonds. The Morgan fingerprint density at radius 1 is 0.939 bits per heavy atom. The standard InChI is InChI=1S/C27H22F2N6O4.C7H8N2O/c1-26(24(36)37)9-4-10-27(14-26,25(38)39)17-6-2-5-15(11-17)16-12-18(22(30)31-13-16)23-32-33-34-35(23)20-8-3-7-19(28)21(20)29;8-7(10)9-6-4-2-1-3-5-6/h2-9,11-13H,10,14H2,1H3,(H2,30,31)(H,36,37)(H,38,39);1-5H,(H3,8,9,10). The lowest BCUT2D eigenvalue weighted by Gasteiger charge is -2.38. The van der Waals surface area contributed by atoms with Gasteiger partial charge in [-0.05, 0) is 77.7 Å². The number of benzene rings is 3. The van der Waals surface area contributed by atoms with E-state index in [1.807, 2.05) is 18.2 Å². The van der Waals surface area contributed by atoms with Crippen LogP contribution < -0.4 is 16.8 Å². The zero-order chi connectivity index (χ0) is 35.3. The summed E-state index contributed by atoms with van der Waals surface area (Å²) in [6, 6.07) is 20.5. The molecular formula is C34H30F2N8O5. The molecule has 49 heavy (non-hydrogen) atoms. The molecule has 1 aliphatic rings. The lowest BCUT2D eigenvalue weighted by molar-refractivity contribution is -0.151. The second-order valence-electron chi connectivity index (χ2n) is 11.5. The molecule has 1 aliphatic carbocycles. The Morgan fingerprint density at radius 2 is 1.67 bits per heavy atom. The van der Waals surface area contributed by atoms with Crippen LogP contribution in [0.5, 0.6) is 0 Å². The molecule has 0 bridgehead atoms. The number of carbonyl (C=O) groups excluding carboxylic acids is 1. The van der Waals surface area contributed by atoms with Crippen molar-refractivity contribution in [1.29, 1.82) is 0 Å². The number of urea groups is 1. The number of amides is 2. The molecule has 15 heteroatoms. The molecule has 0 saturated carbocycles. The van der Waals surface area contributed by atoms with E-state index in [-0.39, 0.29) is 35.7 Å². The monoisotopic (exact) mass is 668 g/mol. The van der Waals surface area contributed by atoms with Crippen LogP contribution in [0.3, 0.4) is 0 Å². The van der Waals surface area contributed by atoms with Crippen LogP contribution in [-0.2, 0) is 15.0 Å². The van der Waals surface area contributed by atoms with Gasteiger partial charge in [0, 0.05) is 17.4 Å². The molecule has 250 valence electrons. The van der Waals surface area contributed by atoms with Gasteiger partial charge in [0.25, 0.3) is 0 Å². The number of nitrogen functional groups attached to an aromatic ring is 1. The van der Waals surface area contributed by atoms with Crippen LogP contribution >= 0.6 is 0 Å². The van der Waals surface area contributed by atoms with Gasteiger partial charge >= 0.3 is 18.0 Å². The number of tetrazole rings is 1. The Labute approximate surface area is 277 Å². The number of carboxylic acids is 2. The molecule has 3 aromatic carbocycles. The number of aromatic nitrogens is 5. The number of pyridine rings is 1. The molecule has 2 aromatic heterocycles. The largest absolute Gasteiger partial charge is 0.481 e. The van der Waals surface area contributed by atoms with Crippen LogP contribution in [0.25, 0.3) is 28.2 Å². The minimum absolute atomic E-state index is 0.0131. The highest BCUT2D eigenvalue weighted by atomic mass is 19.2.